The summed E-state index contributed by atoms with van der Waals surface area (Å²) in [6.45, 7) is 6.68. The number of anilines is 1. The van der Waals surface area contributed by atoms with Crippen LogP contribution in [-0.2, 0) is 0 Å². The molecule has 20 heavy (non-hydrogen) atoms. The number of aryl methyl sites for hydroxylation is 1. The highest BCUT2D eigenvalue weighted by Gasteiger charge is 2.29. The number of para-hydroxylation sites is 1. The molecule has 1 nitrogen and oxygen atoms in total. The van der Waals surface area contributed by atoms with E-state index >= 15 is 0 Å². The lowest BCUT2D eigenvalue weighted by Gasteiger charge is -2.26. The Balaban J connectivity index is 2.05. The first-order chi connectivity index (χ1) is 9.68. The van der Waals surface area contributed by atoms with Gasteiger partial charge in [0.15, 0.2) is 0 Å². The molecule has 2 heteroatoms. The molecule has 1 atom stereocenters. The fourth-order valence-corrected chi connectivity index (χ4v) is 4.03. The van der Waals surface area contributed by atoms with Gasteiger partial charge in [0.25, 0.3) is 0 Å². The highest BCUT2D eigenvalue weighted by atomic mass is 32.2. The van der Waals surface area contributed by atoms with E-state index in [4.69, 9.17) is 0 Å². The smallest absolute Gasteiger partial charge is 0.0815 e. The summed E-state index contributed by atoms with van der Waals surface area (Å²) >= 11 is 1.94. The van der Waals surface area contributed by atoms with E-state index in [1.54, 1.807) is 0 Å². The molecule has 1 aliphatic heterocycles. The summed E-state index contributed by atoms with van der Waals surface area (Å²) in [5.74, 6) is 0. The summed E-state index contributed by atoms with van der Waals surface area (Å²) in [5.41, 5.74) is 5.31. The van der Waals surface area contributed by atoms with Gasteiger partial charge in [-0.15, -0.1) is 0 Å². The monoisotopic (exact) mass is 281 g/mol. The van der Waals surface area contributed by atoms with E-state index in [1.165, 1.54) is 27.4 Å². The summed E-state index contributed by atoms with van der Waals surface area (Å²) in [7, 11) is 0. The van der Waals surface area contributed by atoms with Gasteiger partial charge in [-0.05, 0) is 38.0 Å². The van der Waals surface area contributed by atoms with Crippen molar-refractivity contribution in [2.75, 3.05) is 4.90 Å². The number of hydrogen-bond acceptors (Lipinski definition) is 2. The van der Waals surface area contributed by atoms with E-state index in [0.717, 1.165) is 0 Å². The Bertz CT molecular complexity index is 645. The first-order valence-electron chi connectivity index (χ1n) is 6.96. The molecule has 1 heterocycles. The van der Waals surface area contributed by atoms with E-state index < -0.39 is 0 Å². The summed E-state index contributed by atoms with van der Waals surface area (Å²) < 4.78 is 0. The molecule has 1 aliphatic rings. The van der Waals surface area contributed by atoms with E-state index in [0.29, 0.717) is 5.37 Å². The number of rotatable bonds is 2. The van der Waals surface area contributed by atoms with Gasteiger partial charge in [0, 0.05) is 16.3 Å². The normalized spacial score (nSPS) is 18.8. The van der Waals surface area contributed by atoms with Gasteiger partial charge in [0.2, 0.25) is 0 Å². The summed E-state index contributed by atoms with van der Waals surface area (Å²) in [5, 5.41) is 0.436. The molecule has 0 saturated heterocycles. The predicted octanol–water partition coefficient (Wildman–Crippen LogP) is 5.28. The maximum absolute atomic E-state index is 2.45. The van der Waals surface area contributed by atoms with Crippen molar-refractivity contribution in [3.05, 3.63) is 71.4 Å². The molecule has 0 radical (unpaired) electrons. The predicted molar refractivity (Wildman–Crippen MR) is 89.7 cm³/mol. The third-order valence-electron chi connectivity index (χ3n) is 3.75. The van der Waals surface area contributed by atoms with Gasteiger partial charge in [0.1, 0.15) is 0 Å². The van der Waals surface area contributed by atoms with Gasteiger partial charge in [-0.2, -0.15) is 0 Å². The molecule has 102 valence electrons. The Labute approximate surface area is 125 Å². The minimum absolute atomic E-state index is 0.436. The minimum atomic E-state index is 0.436. The van der Waals surface area contributed by atoms with Crippen LogP contribution in [0.15, 0.2) is 60.3 Å². The van der Waals surface area contributed by atoms with Gasteiger partial charge in [-0.25, -0.2) is 0 Å². The second-order valence-corrected chi connectivity index (χ2v) is 6.48. The Kier molecular flexibility index (Phi) is 3.58. The van der Waals surface area contributed by atoms with Gasteiger partial charge in [0.05, 0.1) is 5.37 Å². The summed E-state index contributed by atoms with van der Waals surface area (Å²) in [6.07, 6.45) is 0. The van der Waals surface area contributed by atoms with E-state index in [1.807, 2.05) is 11.8 Å². The van der Waals surface area contributed by atoms with Crippen LogP contribution in [0.5, 0.6) is 0 Å². The topological polar surface area (TPSA) is 3.24 Å². The number of allylic oxidation sites excluding steroid dienone is 1. The van der Waals surface area contributed by atoms with Crippen molar-refractivity contribution in [2.24, 2.45) is 0 Å². The quantitative estimate of drug-likeness (QED) is 0.736. The Morgan fingerprint density at radius 2 is 1.55 bits per heavy atom. The molecule has 3 rings (SSSR count). The SMILES string of the molecule is CC1=C(c2ccccc2)SC(C)N1c1ccccc1C. The lowest BCUT2D eigenvalue weighted by Crippen LogP contribution is -2.25. The molecule has 0 spiro atoms. The molecule has 2 aromatic carbocycles. The van der Waals surface area contributed by atoms with Crippen LogP contribution in [0, 0.1) is 6.92 Å². The van der Waals surface area contributed by atoms with Crippen LogP contribution in [0.4, 0.5) is 5.69 Å². The van der Waals surface area contributed by atoms with Crippen LogP contribution in [0.25, 0.3) is 4.91 Å². The molecule has 0 aliphatic carbocycles. The molecule has 0 N–H and O–H groups in total. The van der Waals surface area contributed by atoms with E-state index in [-0.39, 0.29) is 0 Å². The van der Waals surface area contributed by atoms with E-state index in [2.05, 4.69) is 80.3 Å². The molecule has 2 aromatic rings. The van der Waals surface area contributed by atoms with Crippen LogP contribution in [-0.4, -0.2) is 5.37 Å². The largest absolute Gasteiger partial charge is 0.332 e. The molecule has 0 fully saturated rings. The maximum Gasteiger partial charge on any atom is 0.0815 e. The lowest BCUT2D eigenvalue weighted by molar-refractivity contribution is 0.915. The molecule has 0 saturated carbocycles. The van der Waals surface area contributed by atoms with Crippen LogP contribution in [0.2, 0.25) is 0 Å². The van der Waals surface area contributed by atoms with Gasteiger partial charge < -0.3 is 4.90 Å². The number of benzene rings is 2. The first-order valence-corrected chi connectivity index (χ1v) is 7.84. The molecular weight excluding hydrogens is 262 g/mol. The van der Waals surface area contributed by atoms with Crippen LogP contribution in [0.1, 0.15) is 25.0 Å². The average molecular weight is 281 g/mol. The van der Waals surface area contributed by atoms with Crippen molar-refractivity contribution < 1.29 is 0 Å². The zero-order valence-corrected chi connectivity index (χ0v) is 12.9. The second-order valence-electron chi connectivity index (χ2n) is 5.15. The minimum Gasteiger partial charge on any atom is -0.332 e. The molecule has 1 unspecified atom stereocenters. The third kappa shape index (κ3) is 2.25. The fourth-order valence-electron chi connectivity index (χ4n) is 2.77. The third-order valence-corrected chi connectivity index (χ3v) is 5.07. The van der Waals surface area contributed by atoms with Crippen molar-refractivity contribution in [1.29, 1.82) is 0 Å². The Morgan fingerprint density at radius 1 is 0.900 bits per heavy atom. The van der Waals surface area contributed by atoms with Crippen LogP contribution < -0.4 is 4.90 Å². The number of thioether (sulfide) groups is 1. The van der Waals surface area contributed by atoms with Gasteiger partial charge in [-0.3, -0.25) is 0 Å². The molecule has 0 amide bonds. The van der Waals surface area contributed by atoms with Crippen LogP contribution in [0.3, 0.4) is 0 Å². The lowest BCUT2D eigenvalue weighted by atomic mass is 10.1. The second kappa shape index (κ2) is 5.37. The van der Waals surface area contributed by atoms with E-state index in [9.17, 15) is 0 Å². The van der Waals surface area contributed by atoms with Crippen LogP contribution >= 0.6 is 11.8 Å². The molecule has 0 aromatic heterocycles. The van der Waals surface area contributed by atoms with Crippen molar-refractivity contribution in [1.82, 2.24) is 0 Å². The average Bonchev–Trinajstić information content (AvgIpc) is 2.76. The zero-order valence-electron chi connectivity index (χ0n) is 12.1. The Hall–Kier alpha value is -1.67. The van der Waals surface area contributed by atoms with Crippen molar-refractivity contribution >= 4 is 22.4 Å². The number of hydrogen-bond donors (Lipinski definition) is 0. The standard InChI is InChI=1S/C18H19NS/c1-13-9-7-8-12-17(13)19-14(2)18(20-15(19)3)16-10-5-4-6-11-16/h4-12,15H,1-3H3. The highest BCUT2D eigenvalue weighted by molar-refractivity contribution is 8.09. The number of nitrogens with zero attached hydrogens (tertiary/aromatic N) is 1. The molecule has 0 bridgehead atoms. The zero-order chi connectivity index (χ0) is 14.1. The van der Waals surface area contributed by atoms with Crippen molar-refractivity contribution in [2.45, 2.75) is 26.1 Å². The Morgan fingerprint density at radius 3 is 2.25 bits per heavy atom. The van der Waals surface area contributed by atoms with Gasteiger partial charge in [-0.1, -0.05) is 60.3 Å². The molecular formula is C18H19NS. The van der Waals surface area contributed by atoms with Crippen molar-refractivity contribution in [3.8, 4) is 0 Å². The van der Waals surface area contributed by atoms with Crippen molar-refractivity contribution in [3.63, 3.8) is 0 Å². The summed E-state index contributed by atoms with van der Waals surface area (Å²) in [6, 6.07) is 19.3. The summed E-state index contributed by atoms with van der Waals surface area (Å²) in [4.78, 5) is 3.84. The first kappa shape index (κ1) is 13.3. The van der Waals surface area contributed by atoms with Gasteiger partial charge >= 0.3 is 0 Å². The highest BCUT2D eigenvalue weighted by Crippen LogP contribution is 2.46. The fraction of sp³-hybridized carbons (Fsp3) is 0.222. The maximum atomic E-state index is 2.45.